The highest BCUT2D eigenvalue weighted by molar-refractivity contribution is 5.65. The molecule has 2 saturated heterocycles. The summed E-state index contributed by atoms with van der Waals surface area (Å²) in [7, 11) is 0. The van der Waals surface area contributed by atoms with E-state index < -0.39 is 12.3 Å². The fourth-order valence-electron chi connectivity index (χ4n) is 2.53. The summed E-state index contributed by atoms with van der Waals surface area (Å²) in [6.45, 7) is 2.58. The molecular weight excluding hydrogens is 199 g/mol. The average molecular weight is 216 g/mol. The van der Waals surface area contributed by atoms with Crippen molar-refractivity contribution in [1.29, 1.82) is 0 Å². The highest BCUT2D eigenvalue weighted by atomic mass is 19.1. The van der Waals surface area contributed by atoms with Gasteiger partial charge >= 0.3 is 6.09 Å². The number of nitrogens with zero attached hydrogens (tertiary/aromatic N) is 2. The van der Waals surface area contributed by atoms with Crippen LogP contribution >= 0.6 is 0 Å². The van der Waals surface area contributed by atoms with E-state index in [4.69, 9.17) is 5.11 Å². The maximum atomic E-state index is 12.9. The van der Waals surface area contributed by atoms with Crippen LogP contribution < -0.4 is 0 Å². The van der Waals surface area contributed by atoms with Gasteiger partial charge in [0.1, 0.15) is 6.17 Å². The van der Waals surface area contributed by atoms with Crippen LogP contribution in [0.25, 0.3) is 0 Å². The van der Waals surface area contributed by atoms with Gasteiger partial charge in [-0.05, 0) is 19.3 Å². The number of rotatable bonds is 2. The van der Waals surface area contributed by atoms with Gasteiger partial charge in [-0.25, -0.2) is 9.18 Å². The summed E-state index contributed by atoms with van der Waals surface area (Å²) in [5, 5.41) is 8.94. The molecule has 2 aliphatic rings. The third-order valence-corrected chi connectivity index (χ3v) is 3.31. The molecule has 0 aliphatic carbocycles. The molecule has 0 aromatic heterocycles. The van der Waals surface area contributed by atoms with Crippen molar-refractivity contribution in [2.75, 3.05) is 26.2 Å². The fraction of sp³-hybridized carbons (Fsp3) is 0.900. The Balaban J connectivity index is 1.85. The number of carbonyl (C=O) groups is 1. The third-order valence-electron chi connectivity index (χ3n) is 3.31. The van der Waals surface area contributed by atoms with E-state index in [-0.39, 0.29) is 6.04 Å². The van der Waals surface area contributed by atoms with Crippen LogP contribution in [0.1, 0.15) is 19.3 Å². The summed E-state index contributed by atoms with van der Waals surface area (Å²) >= 11 is 0. The van der Waals surface area contributed by atoms with Crippen LogP contribution in [0.3, 0.4) is 0 Å². The van der Waals surface area contributed by atoms with Crippen molar-refractivity contribution in [2.45, 2.75) is 31.5 Å². The zero-order chi connectivity index (χ0) is 10.8. The smallest absolute Gasteiger partial charge is 0.407 e. The molecule has 1 amide bonds. The third kappa shape index (κ3) is 2.40. The Kier molecular flexibility index (Phi) is 3.09. The van der Waals surface area contributed by atoms with Gasteiger partial charge in [0.25, 0.3) is 0 Å². The molecule has 1 N–H and O–H groups in total. The second-order valence-corrected chi connectivity index (χ2v) is 4.42. The number of amides is 1. The SMILES string of the molecule is O=C(O)N1CCCC1CN1CCC(F)C1. The monoisotopic (exact) mass is 216 g/mol. The van der Waals surface area contributed by atoms with E-state index in [1.54, 1.807) is 0 Å². The molecule has 2 atom stereocenters. The van der Waals surface area contributed by atoms with Crippen LogP contribution in [-0.4, -0.2) is 59.4 Å². The first-order valence-corrected chi connectivity index (χ1v) is 5.53. The van der Waals surface area contributed by atoms with Gasteiger partial charge in [-0.2, -0.15) is 0 Å². The highest BCUT2D eigenvalue weighted by Gasteiger charge is 2.32. The van der Waals surface area contributed by atoms with Crippen molar-refractivity contribution in [2.24, 2.45) is 0 Å². The van der Waals surface area contributed by atoms with Crippen LogP contribution in [0.15, 0.2) is 0 Å². The van der Waals surface area contributed by atoms with Crippen molar-refractivity contribution < 1.29 is 14.3 Å². The Hall–Kier alpha value is -0.840. The Labute approximate surface area is 88.7 Å². The van der Waals surface area contributed by atoms with Gasteiger partial charge < -0.3 is 10.0 Å². The topological polar surface area (TPSA) is 43.8 Å². The number of hydrogen-bond donors (Lipinski definition) is 1. The molecule has 0 aromatic carbocycles. The summed E-state index contributed by atoms with van der Waals surface area (Å²) in [6, 6.07) is 0.0767. The first-order chi connectivity index (χ1) is 7.16. The maximum Gasteiger partial charge on any atom is 0.407 e. The van der Waals surface area contributed by atoms with Crippen LogP contribution in [0.5, 0.6) is 0 Å². The fourth-order valence-corrected chi connectivity index (χ4v) is 2.53. The van der Waals surface area contributed by atoms with E-state index in [1.807, 2.05) is 4.90 Å². The minimum Gasteiger partial charge on any atom is -0.465 e. The van der Waals surface area contributed by atoms with E-state index in [0.29, 0.717) is 26.1 Å². The second-order valence-electron chi connectivity index (χ2n) is 4.42. The van der Waals surface area contributed by atoms with Gasteiger partial charge in [0, 0.05) is 32.2 Å². The lowest BCUT2D eigenvalue weighted by Crippen LogP contribution is -2.42. The second kappa shape index (κ2) is 4.35. The van der Waals surface area contributed by atoms with E-state index in [9.17, 15) is 9.18 Å². The number of likely N-dealkylation sites (tertiary alicyclic amines) is 2. The van der Waals surface area contributed by atoms with Gasteiger partial charge in [-0.1, -0.05) is 0 Å². The molecular formula is C10H17FN2O2. The quantitative estimate of drug-likeness (QED) is 0.753. The predicted octanol–water partition coefficient (Wildman–Crippen LogP) is 1.17. The molecule has 15 heavy (non-hydrogen) atoms. The van der Waals surface area contributed by atoms with Crippen molar-refractivity contribution >= 4 is 6.09 Å². The van der Waals surface area contributed by atoms with Crippen molar-refractivity contribution in [3.05, 3.63) is 0 Å². The molecule has 0 spiro atoms. The Morgan fingerprint density at radius 2 is 2.20 bits per heavy atom. The molecule has 0 aromatic rings. The first-order valence-electron chi connectivity index (χ1n) is 5.53. The molecule has 5 heteroatoms. The van der Waals surface area contributed by atoms with Gasteiger partial charge in [0.15, 0.2) is 0 Å². The molecule has 86 valence electrons. The molecule has 2 heterocycles. The Morgan fingerprint density at radius 3 is 2.80 bits per heavy atom. The van der Waals surface area contributed by atoms with Gasteiger partial charge in [-0.15, -0.1) is 0 Å². The van der Waals surface area contributed by atoms with E-state index in [2.05, 4.69) is 0 Å². The minimum absolute atomic E-state index is 0.0767. The van der Waals surface area contributed by atoms with Gasteiger partial charge in [0.05, 0.1) is 0 Å². The van der Waals surface area contributed by atoms with Crippen molar-refractivity contribution in [1.82, 2.24) is 9.80 Å². The largest absolute Gasteiger partial charge is 0.465 e. The molecule has 2 unspecified atom stereocenters. The molecule has 2 fully saturated rings. The number of alkyl halides is 1. The molecule has 0 saturated carbocycles. The maximum absolute atomic E-state index is 12.9. The van der Waals surface area contributed by atoms with E-state index >= 15 is 0 Å². The lowest BCUT2D eigenvalue weighted by atomic mass is 10.2. The van der Waals surface area contributed by atoms with E-state index in [0.717, 1.165) is 19.4 Å². The Morgan fingerprint density at radius 1 is 1.40 bits per heavy atom. The number of carboxylic acid groups (broad SMARTS) is 1. The van der Waals surface area contributed by atoms with Crippen LogP contribution in [0, 0.1) is 0 Å². The Bertz CT molecular complexity index is 250. The van der Waals surface area contributed by atoms with Crippen LogP contribution in [0.2, 0.25) is 0 Å². The zero-order valence-corrected chi connectivity index (χ0v) is 8.73. The molecule has 0 radical (unpaired) electrons. The summed E-state index contributed by atoms with van der Waals surface area (Å²) in [5.74, 6) is 0. The van der Waals surface area contributed by atoms with Gasteiger partial charge in [-0.3, -0.25) is 4.90 Å². The number of hydrogen-bond acceptors (Lipinski definition) is 2. The summed E-state index contributed by atoms with van der Waals surface area (Å²) < 4.78 is 12.9. The zero-order valence-electron chi connectivity index (χ0n) is 8.73. The average Bonchev–Trinajstić information content (AvgIpc) is 2.75. The lowest BCUT2D eigenvalue weighted by molar-refractivity contribution is 0.128. The lowest BCUT2D eigenvalue weighted by Gasteiger charge is -2.26. The predicted molar refractivity (Wildman–Crippen MR) is 53.7 cm³/mol. The van der Waals surface area contributed by atoms with E-state index in [1.165, 1.54) is 4.90 Å². The van der Waals surface area contributed by atoms with Crippen molar-refractivity contribution in [3.8, 4) is 0 Å². The highest BCUT2D eigenvalue weighted by Crippen LogP contribution is 2.21. The molecule has 4 nitrogen and oxygen atoms in total. The summed E-state index contributed by atoms with van der Waals surface area (Å²) in [5.41, 5.74) is 0. The standard InChI is InChI=1S/C10H17FN2O2/c11-8-3-5-12(6-8)7-9-2-1-4-13(9)10(14)15/h8-9H,1-7H2,(H,14,15). The minimum atomic E-state index is -0.839. The first kappa shape index (κ1) is 10.7. The van der Waals surface area contributed by atoms with Crippen LogP contribution in [0.4, 0.5) is 9.18 Å². The van der Waals surface area contributed by atoms with Crippen molar-refractivity contribution in [3.63, 3.8) is 0 Å². The molecule has 0 bridgehead atoms. The molecule has 2 aliphatic heterocycles. The number of halogens is 1. The normalized spacial score (nSPS) is 32.5. The van der Waals surface area contributed by atoms with Gasteiger partial charge in [0.2, 0.25) is 0 Å². The molecule has 2 rings (SSSR count). The summed E-state index contributed by atoms with van der Waals surface area (Å²) in [4.78, 5) is 14.4. The summed E-state index contributed by atoms with van der Waals surface area (Å²) in [6.07, 6.45) is 0.891. The van der Waals surface area contributed by atoms with Crippen LogP contribution in [-0.2, 0) is 0 Å².